The number of morpholine rings is 1. The van der Waals surface area contributed by atoms with Gasteiger partial charge in [-0.05, 0) is 56.6 Å². The minimum Gasteiger partial charge on any atom is -0.369 e. The lowest BCUT2D eigenvalue weighted by atomic mass is 9.85. The number of likely N-dealkylation sites (tertiary alicyclic amines) is 1. The lowest BCUT2D eigenvalue weighted by Crippen LogP contribution is -2.46. The van der Waals surface area contributed by atoms with Crippen molar-refractivity contribution in [1.82, 2.24) is 44.4 Å². The van der Waals surface area contributed by atoms with Crippen LogP contribution in [-0.2, 0) is 26.1 Å². The molecule has 1 saturated carbocycles. The normalized spacial score (nSPS) is 25.4. The maximum absolute atomic E-state index is 15.6. The summed E-state index contributed by atoms with van der Waals surface area (Å²) in [6, 6.07) is 6.99. The Hall–Kier alpha value is -5.63. The van der Waals surface area contributed by atoms with E-state index < -0.39 is 54.0 Å². The Labute approximate surface area is 387 Å². The van der Waals surface area contributed by atoms with E-state index in [4.69, 9.17) is 9.47 Å². The van der Waals surface area contributed by atoms with Crippen LogP contribution in [0, 0.1) is 17.8 Å². The molecule has 2 N–H and O–H groups in total. The maximum atomic E-state index is 15.6. The number of fused-ring (bicyclic) bond motifs is 2. The van der Waals surface area contributed by atoms with Gasteiger partial charge in [0.15, 0.2) is 11.3 Å². The number of hydrogen-bond acceptors (Lipinski definition) is 12. The molecule has 356 valence electrons. The highest BCUT2D eigenvalue weighted by molar-refractivity contribution is 7.81. The summed E-state index contributed by atoms with van der Waals surface area (Å²) in [6.45, 7) is 1.82. The van der Waals surface area contributed by atoms with Crippen molar-refractivity contribution in [2.24, 2.45) is 13.0 Å². The minimum absolute atomic E-state index is 0.00766. The van der Waals surface area contributed by atoms with Crippen molar-refractivity contribution < 1.29 is 45.8 Å². The van der Waals surface area contributed by atoms with Gasteiger partial charge in [0, 0.05) is 57.4 Å². The zero-order chi connectivity index (χ0) is 46.9. The lowest BCUT2D eigenvalue weighted by molar-refractivity contribution is -0.134. The number of imide groups is 1. The fourth-order valence-corrected chi connectivity index (χ4v) is 10.0. The molecule has 4 aromatic heterocycles. The first kappa shape index (κ1) is 46.5. The van der Waals surface area contributed by atoms with Gasteiger partial charge >= 0.3 is 0 Å². The van der Waals surface area contributed by atoms with Crippen LogP contribution in [0.1, 0.15) is 90.6 Å². The number of aromatic nitrogens is 7. The number of aryl methyl sites for hydroxylation is 1. The van der Waals surface area contributed by atoms with Gasteiger partial charge in [-0.1, -0.05) is 24.0 Å². The molecule has 3 saturated heterocycles. The molecule has 0 bridgehead atoms. The van der Waals surface area contributed by atoms with Gasteiger partial charge in [-0.25, -0.2) is 31.5 Å². The number of benzene rings is 1. The second-order valence-corrected chi connectivity index (χ2v) is 18.2. The molecule has 3 aliphatic heterocycles. The summed E-state index contributed by atoms with van der Waals surface area (Å²) >= 11 is 4.63. The predicted molar refractivity (Wildman–Crippen MR) is 238 cm³/mol. The number of carbonyl (C=O) groups is 3. The Morgan fingerprint density at radius 1 is 1.06 bits per heavy atom. The number of anilines is 2. The molecule has 4 aliphatic rings. The van der Waals surface area contributed by atoms with E-state index in [-0.39, 0.29) is 73.4 Å². The monoisotopic (exact) mass is 951 g/mol. The number of nitrogens with zero attached hydrogens (tertiary/aromatic N) is 9. The molecular weight excluding hydrogens is 902 g/mol. The van der Waals surface area contributed by atoms with Crippen molar-refractivity contribution >= 4 is 58.4 Å². The predicted octanol–water partition coefficient (Wildman–Crippen LogP) is 5.50. The van der Waals surface area contributed by atoms with Gasteiger partial charge in [-0.2, -0.15) is 27.9 Å². The van der Waals surface area contributed by atoms with Crippen molar-refractivity contribution in [2.75, 3.05) is 56.2 Å². The number of nitrogens with one attached hydrogen (secondary N) is 2. The number of rotatable bonds is 11. The summed E-state index contributed by atoms with van der Waals surface area (Å²) in [7, 11) is 1.78. The van der Waals surface area contributed by atoms with Gasteiger partial charge < -0.3 is 24.6 Å². The lowest BCUT2D eigenvalue weighted by Gasteiger charge is -2.33. The first-order chi connectivity index (χ1) is 32.3. The smallest absolute Gasteiger partial charge is 0.284 e. The Bertz CT molecular complexity index is 2690. The van der Waals surface area contributed by atoms with E-state index in [1.54, 1.807) is 28.9 Å². The summed E-state index contributed by atoms with van der Waals surface area (Å²) < 4.78 is 86.8. The van der Waals surface area contributed by atoms with E-state index in [1.165, 1.54) is 21.6 Å². The first-order valence-corrected chi connectivity index (χ1v) is 22.9. The summed E-state index contributed by atoms with van der Waals surface area (Å²) in [5, 5.41) is 18.1. The fraction of sp³-hybridized carbons (Fsp3) is 0.533. The molecule has 0 radical (unpaired) electrons. The Kier molecular flexibility index (Phi) is 13.8. The van der Waals surface area contributed by atoms with Crippen LogP contribution in [0.25, 0.3) is 16.6 Å². The molecule has 5 atom stereocenters. The van der Waals surface area contributed by atoms with E-state index >= 15 is 4.39 Å². The number of thiol groups is 1. The van der Waals surface area contributed by atoms with Crippen LogP contribution < -0.4 is 15.5 Å². The third-order valence-electron chi connectivity index (χ3n) is 13.2. The van der Waals surface area contributed by atoms with Gasteiger partial charge in [0.1, 0.15) is 30.3 Å². The zero-order valence-electron chi connectivity index (χ0n) is 36.5. The van der Waals surface area contributed by atoms with Crippen LogP contribution in [0.4, 0.5) is 33.5 Å². The molecule has 7 heterocycles. The SMILES string of the molecule is Cn1nc(C2CCC(=O)NC2=O)c2cccc(C#CCO[C@H]3CCN(C[C@H]4CC[C@H](n5cc(NC(=O)c6cnn7ccc(N8CCOC(C(F)F)C8)nc67)c(C(F)F)n5)CC4)C[C@@H](F)C3S)c21. The number of amides is 3. The highest BCUT2D eigenvalue weighted by Crippen LogP contribution is 2.37. The third-order valence-corrected chi connectivity index (χ3v) is 13.8. The molecule has 9 rings (SSSR count). The quantitative estimate of drug-likeness (QED) is 0.0663. The first-order valence-electron chi connectivity index (χ1n) is 22.4. The highest BCUT2D eigenvalue weighted by Gasteiger charge is 2.36. The van der Waals surface area contributed by atoms with Gasteiger partial charge in [0.2, 0.25) is 11.8 Å². The van der Waals surface area contributed by atoms with Crippen molar-refractivity contribution in [3.05, 3.63) is 65.4 Å². The van der Waals surface area contributed by atoms with E-state index in [9.17, 15) is 31.9 Å². The van der Waals surface area contributed by atoms with Crippen LogP contribution in [0.5, 0.6) is 0 Å². The zero-order valence-corrected chi connectivity index (χ0v) is 37.4. The molecule has 1 aliphatic carbocycles. The van der Waals surface area contributed by atoms with Crippen molar-refractivity contribution in [3.8, 4) is 11.8 Å². The van der Waals surface area contributed by atoms with Gasteiger partial charge in [0.05, 0.1) is 65.1 Å². The van der Waals surface area contributed by atoms with Gasteiger partial charge in [0.25, 0.3) is 18.8 Å². The minimum atomic E-state index is -2.97. The van der Waals surface area contributed by atoms with Gasteiger partial charge in [-0.3, -0.25) is 29.1 Å². The van der Waals surface area contributed by atoms with Crippen LogP contribution in [-0.4, -0.2) is 133 Å². The molecule has 22 heteroatoms. The van der Waals surface area contributed by atoms with Crippen LogP contribution in [0.3, 0.4) is 0 Å². The molecule has 67 heavy (non-hydrogen) atoms. The van der Waals surface area contributed by atoms with E-state index in [0.717, 1.165) is 23.7 Å². The number of para-hydroxylation sites is 1. The second kappa shape index (κ2) is 19.9. The van der Waals surface area contributed by atoms with Crippen LogP contribution in [0.15, 0.2) is 42.9 Å². The van der Waals surface area contributed by atoms with Gasteiger partial charge in [-0.15, -0.1) is 0 Å². The largest absolute Gasteiger partial charge is 0.369 e. The topological polar surface area (TPSA) is 166 Å². The molecule has 16 nitrogen and oxygen atoms in total. The summed E-state index contributed by atoms with van der Waals surface area (Å²) in [4.78, 5) is 46.1. The fourth-order valence-electron chi connectivity index (χ4n) is 9.69. The standard InChI is InChI=1S/C45H50F5N11O5S/c1-57-39-26(4-2-6-28(39)37(55-57)29-11-12-36(62)54-44(29)63)5-3-18-65-33-13-15-58(22-31(46)40(33)67)21-25-7-9-27(10-8-25)61-23-32(38(56-61)42(49)50)52-45(64)30-20-51-60-16-14-35(53-43(30)60)59-17-19-66-34(24-59)41(47)48/h2,4,6,14,16,20,23,25,27,29,31,33-34,40-42,67H,7-13,15,17-19,21-22,24H2,1H3,(H,52,64)(H,54,62,63)/t25-,27-,29?,31-,33+,34?,40?/m1/s1. The number of hydrogen-bond donors (Lipinski definition) is 3. The third kappa shape index (κ3) is 10.0. The molecule has 0 spiro atoms. The van der Waals surface area contributed by atoms with Crippen molar-refractivity contribution in [2.45, 2.75) is 93.4 Å². The summed E-state index contributed by atoms with van der Waals surface area (Å²) in [5.41, 5.74) is 1.49. The van der Waals surface area contributed by atoms with Crippen molar-refractivity contribution in [3.63, 3.8) is 0 Å². The number of carbonyl (C=O) groups excluding carboxylic acids is 3. The maximum Gasteiger partial charge on any atom is 0.284 e. The highest BCUT2D eigenvalue weighted by atomic mass is 32.1. The van der Waals surface area contributed by atoms with Crippen LogP contribution >= 0.6 is 12.6 Å². The summed E-state index contributed by atoms with van der Waals surface area (Å²) in [5.74, 6) is 4.90. The molecule has 5 aromatic rings. The molecule has 1 aromatic carbocycles. The molecule has 3 amide bonds. The Balaban J connectivity index is 0.778. The molecule has 4 fully saturated rings. The van der Waals surface area contributed by atoms with Crippen LogP contribution in [0.2, 0.25) is 0 Å². The molecule has 3 unspecified atom stereocenters. The van der Waals surface area contributed by atoms with Crippen molar-refractivity contribution in [1.29, 1.82) is 0 Å². The van der Waals surface area contributed by atoms with E-state index in [0.29, 0.717) is 62.4 Å². The summed E-state index contributed by atoms with van der Waals surface area (Å²) in [6.07, 6.45) is -0.416. The van der Waals surface area contributed by atoms with E-state index in [1.807, 2.05) is 18.2 Å². The average molecular weight is 952 g/mol. The van der Waals surface area contributed by atoms with E-state index in [2.05, 4.69) is 60.3 Å². The molecular formula is C45H50F5N11O5S. The Morgan fingerprint density at radius 2 is 1.88 bits per heavy atom. The number of alkyl halides is 5. The second-order valence-electron chi connectivity index (χ2n) is 17.6. The average Bonchev–Trinajstić information content (AvgIpc) is 4.02. The number of piperidine rings is 1. The number of ether oxygens (including phenoxy) is 2. The Morgan fingerprint density at radius 3 is 2.66 bits per heavy atom. The number of halogens is 5.